The number of hydrogen-bond donors (Lipinski definition) is 2. The standard InChI is InChI=1S/C11H13BrF3NO/c1-6(2-3-16)7-4-8(11(13,14)15)10(17)9(12)5-7/h4-6,17H,2-3,16H2,1H3. The Labute approximate surface area is 106 Å². The van der Waals surface area contributed by atoms with Crippen molar-refractivity contribution in [2.45, 2.75) is 25.4 Å². The van der Waals surface area contributed by atoms with E-state index < -0.39 is 17.5 Å². The van der Waals surface area contributed by atoms with Gasteiger partial charge in [0.2, 0.25) is 0 Å². The van der Waals surface area contributed by atoms with Crippen LogP contribution in [0.25, 0.3) is 0 Å². The Morgan fingerprint density at radius 2 is 2.00 bits per heavy atom. The van der Waals surface area contributed by atoms with Crippen molar-refractivity contribution in [3.8, 4) is 5.75 Å². The Morgan fingerprint density at radius 1 is 1.41 bits per heavy atom. The van der Waals surface area contributed by atoms with Crippen molar-refractivity contribution in [3.05, 3.63) is 27.7 Å². The van der Waals surface area contributed by atoms with Crippen molar-refractivity contribution >= 4 is 15.9 Å². The molecule has 1 aromatic rings. The molecule has 0 aromatic heterocycles. The summed E-state index contributed by atoms with van der Waals surface area (Å²) in [5.41, 5.74) is 4.86. The number of aromatic hydroxyl groups is 1. The number of hydrogen-bond acceptors (Lipinski definition) is 2. The monoisotopic (exact) mass is 311 g/mol. The van der Waals surface area contributed by atoms with Gasteiger partial charge in [0.1, 0.15) is 5.75 Å². The van der Waals surface area contributed by atoms with Gasteiger partial charge in [-0.25, -0.2) is 0 Å². The summed E-state index contributed by atoms with van der Waals surface area (Å²) in [6.07, 6.45) is -3.97. The summed E-state index contributed by atoms with van der Waals surface area (Å²) in [7, 11) is 0. The molecule has 0 fully saturated rings. The molecule has 0 aliphatic heterocycles. The minimum atomic E-state index is -4.56. The molecule has 0 bridgehead atoms. The molecule has 1 atom stereocenters. The van der Waals surface area contributed by atoms with E-state index in [2.05, 4.69) is 15.9 Å². The van der Waals surface area contributed by atoms with Crippen LogP contribution < -0.4 is 5.73 Å². The summed E-state index contributed by atoms with van der Waals surface area (Å²) < 4.78 is 38.0. The van der Waals surface area contributed by atoms with Crippen molar-refractivity contribution in [2.75, 3.05) is 6.54 Å². The Kier molecular flexibility index (Phi) is 4.43. The van der Waals surface area contributed by atoms with E-state index in [1.54, 1.807) is 6.92 Å². The van der Waals surface area contributed by atoms with Crippen LogP contribution in [-0.2, 0) is 6.18 Å². The smallest absolute Gasteiger partial charge is 0.420 e. The van der Waals surface area contributed by atoms with Gasteiger partial charge in [0.05, 0.1) is 10.0 Å². The van der Waals surface area contributed by atoms with E-state index in [-0.39, 0.29) is 10.4 Å². The van der Waals surface area contributed by atoms with E-state index in [1.165, 1.54) is 6.07 Å². The highest BCUT2D eigenvalue weighted by molar-refractivity contribution is 9.10. The molecule has 3 N–H and O–H groups in total. The lowest BCUT2D eigenvalue weighted by Crippen LogP contribution is -2.09. The van der Waals surface area contributed by atoms with Crippen molar-refractivity contribution in [1.29, 1.82) is 0 Å². The Bertz CT molecular complexity index is 406. The predicted octanol–water partition coefficient (Wildman–Crippen LogP) is 3.63. The first-order valence-corrected chi connectivity index (χ1v) is 5.86. The van der Waals surface area contributed by atoms with Gasteiger partial charge in [0, 0.05) is 0 Å². The molecule has 1 rings (SSSR count). The van der Waals surface area contributed by atoms with E-state index in [4.69, 9.17) is 5.73 Å². The van der Waals surface area contributed by atoms with Gasteiger partial charge in [0.15, 0.2) is 0 Å². The zero-order chi connectivity index (χ0) is 13.2. The number of phenolic OH excluding ortho intramolecular Hbond substituents is 1. The third kappa shape index (κ3) is 3.35. The van der Waals surface area contributed by atoms with E-state index >= 15 is 0 Å². The third-order valence-corrected chi connectivity index (χ3v) is 3.16. The van der Waals surface area contributed by atoms with E-state index in [0.29, 0.717) is 18.5 Å². The van der Waals surface area contributed by atoms with Gasteiger partial charge >= 0.3 is 6.18 Å². The lowest BCUT2D eigenvalue weighted by Gasteiger charge is -2.16. The Morgan fingerprint density at radius 3 is 2.47 bits per heavy atom. The Balaban J connectivity index is 3.24. The first-order chi connectivity index (χ1) is 7.77. The average molecular weight is 312 g/mol. The molecule has 0 radical (unpaired) electrons. The van der Waals surface area contributed by atoms with Crippen molar-refractivity contribution in [1.82, 2.24) is 0 Å². The third-order valence-electron chi connectivity index (χ3n) is 2.56. The maximum absolute atomic E-state index is 12.7. The maximum atomic E-state index is 12.7. The van der Waals surface area contributed by atoms with Crippen LogP contribution >= 0.6 is 15.9 Å². The molecule has 96 valence electrons. The Hall–Kier alpha value is -0.750. The first kappa shape index (κ1) is 14.3. The minimum Gasteiger partial charge on any atom is -0.506 e. The van der Waals surface area contributed by atoms with Gasteiger partial charge in [-0.1, -0.05) is 6.92 Å². The van der Waals surface area contributed by atoms with Gasteiger partial charge in [-0.3, -0.25) is 0 Å². The van der Waals surface area contributed by atoms with Crippen molar-refractivity contribution in [2.24, 2.45) is 5.73 Å². The number of nitrogens with two attached hydrogens (primary N) is 1. The number of halogens is 4. The van der Waals surface area contributed by atoms with Gasteiger partial charge in [-0.2, -0.15) is 13.2 Å². The highest BCUT2D eigenvalue weighted by atomic mass is 79.9. The molecule has 0 aliphatic rings. The molecule has 1 aromatic carbocycles. The summed E-state index contributed by atoms with van der Waals surface area (Å²) in [5, 5.41) is 9.38. The predicted molar refractivity (Wildman–Crippen MR) is 62.9 cm³/mol. The molecule has 17 heavy (non-hydrogen) atoms. The second kappa shape index (κ2) is 5.27. The van der Waals surface area contributed by atoms with E-state index in [9.17, 15) is 18.3 Å². The second-order valence-corrected chi connectivity index (χ2v) is 4.73. The van der Waals surface area contributed by atoms with Crippen LogP contribution in [-0.4, -0.2) is 11.7 Å². The van der Waals surface area contributed by atoms with Crippen LogP contribution in [0.2, 0.25) is 0 Å². The highest BCUT2D eigenvalue weighted by Gasteiger charge is 2.35. The fourth-order valence-corrected chi connectivity index (χ4v) is 2.02. The van der Waals surface area contributed by atoms with E-state index in [0.717, 1.165) is 6.07 Å². The highest BCUT2D eigenvalue weighted by Crippen LogP contribution is 2.41. The molecular formula is C11H13BrF3NO. The summed E-state index contributed by atoms with van der Waals surface area (Å²) in [4.78, 5) is 0. The van der Waals surface area contributed by atoms with Crippen LogP contribution in [0.5, 0.6) is 5.75 Å². The van der Waals surface area contributed by atoms with Crippen LogP contribution in [0.4, 0.5) is 13.2 Å². The zero-order valence-electron chi connectivity index (χ0n) is 9.18. The van der Waals surface area contributed by atoms with Gasteiger partial charge < -0.3 is 10.8 Å². The first-order valence-electron chi connectivity index (χ1n) is 5.07. The summed E-state index contributed by atoms with van der Waals surface area (Å²) >= 11 is 2.93. The largest absolute Gasteiger partial charge is 0.506 e. The SMILES string of the molecule is CC(CCN)c1cc(Br)c(O)c(C(F)(F)F)c1. The van der Waals surface area contributed by atoms with Crippen LogP contribution in [0.1, 0.15) is 30.4 Å². The zero-order valence-corrected chi connectivity index (χ0v) is 10.8. The van der Waals surface area contributed by atoms with E-state index in [1.807, 2.05) is 0 Å². The maximum Gasteiger partial charge on any atom is 0.420 e. The number of alkyl halides is 3. The number of benzene rings is 1. The average Bonchev–Trinajstić information content (AvgIpc) is 2.20. The minimum absolute atomic E-state index is 0.0474. The molecule has 2 nitrogen and oxygen atoms in total. The van der Waals surface area contributed by atoms with Gasteiger partial charge in [-0.05, 0) is 52.5 Å². The molecule has 0 saturated carbocycles. The number of phenols is 1. The molecule has 1 unspecified atom stereocenters. The van der Waals surface area contributed by atoms with Crippen LogP contribution in [0, 0.1) is 0 Å². The lowest BCUT2D eigenvalue weighted by molar-refractivity contribution is -0.138. The molecule has 6 heteroatoms. The fraction of sp³-hybridized carbons (Fsp3) is 0.455. The van der Waals surface area contributed by atoms with Crippen LogP contribution in [0.3, 0.4) is 0 Å². The van der Waals surface area contributed by atoms with Gasteiger partial charge in [-0.15, -0.1) is 0 Å². The number of rotatable bonds is 3. The van der Waals surface area contributed by atoms with Crippen LogP contribution in [0.15, 0.2) is 16.6 Å². The molecule has 0 aliphatic carbocycles. The summed E-state index contributed by atoms with van der Waals surface area (Å²) in [6, 6.07) is 2.46. The molecule has 0 saturated heterocycles. The summed E-state index contributed by atoms with van der Waals surface area (Å²) in [5.74, 6) is -0.862. The normalized spacial score (nSPS) is 13.8. The molecule has 0 spiro atoms. The second-order valence-electron chi connectivity index (χ2n) is 3.88. The topological polar surface area (TPSA) is 46.2 Å². The molecule has 0 amide bonds. The molecule has 0 heterocycles. The summed E-state index contributed by atoms with van der Waals surface area (Å²) in [6.45, 7) is 2.20. The van der Waals surface area contributed by atoms with Crippen molar-refractivity contribution in [3.63, 3.8) is 0 Å². The quantitative estimate of drug-likeness (QED) is 0.895. The lowest BCUT2D eigenvalue weighted by atomic mass is 9.95. The fourth-order valence-electron chi connectivity index (χ4n) is 1.54. The van der Waals surface area contributed by atoms with Crippen molar-refractivity contribution < 1.29 is 18.3 Å². The molecular weight excluding hydrogens is 299 g/mol. The van der Waals surface area contributed by atoms with Gasteiger partial charge in [0.25, 0.3) is 0 Å².